The quantitative estimate of drug-likeness (QED) is 0.309. The Morgan fingerprint density at radius 3 is 2.47 bits per heavy atom. The zero-order chi connectivity index (χ0) is 31.7. The Morgan fingerprint density at radius 2 is 1.82 bits per heavy atom. The minimum atomic E-state index is -0.224. The van der Waals surface area contributed by atoms with Gasteiger partial charge in [0.1, 0.15) is 5.65 Å². The molecule has 45 heavy (non-hydrogen) atoms. The summed E-state index contributed by atoms with van der Waals surface area (Å²) in [6.07, 6.45) is 8.36. The minimum Gasteiger partial charge on any atom is -0.370 e. The Balaban J connectivity index is 1.26. The van der Waals surface area contributed by atoms with Crippen molar-refractivity contribution in [3.05, 3.63) is 52.4 Å². The second-order valence-electron chi connectivity index (χ2n) is 13.6. The van der Waals surface area contributed by atoms with E-state index in [2.05, 4.69) is 68.7 Å². The van der Waals surface area contributed by atoms with Gasteiger partial charge in [-0.2, -0.15) is 4.98 Å². The van der Waals surface area contributed by atoms with Crippen LogP contribution in [0.5, 0.6) is 0 Å². The molecule has 3 aromatic rings. The van der Waals surface area contributed by atoms with Crippen LogP contribution in [0.1, 0.15) is 50.0 Å². The summed E-state index contributed by atoms with van der Waals surface area (Å²) < 4.78 is 1.79. The van der Waals surface area contributed by atoms with E-state index in [-0.39, 0.29) is 22.2 Å². The highest BCUT2D eigenvalue weighted by atomic mass is 35.5. The van der Waals surface area contributed by atoms with Crippen LogP contribution in [0.3, 0.4) is 0 Å². The number of aromatic nitrogens is 3. The molecule has 2 aromatic heterocycles. The van der Waals surface area contributed by atoms with Crippen molar-refractivity contribution < 1.29 is 0 Å². The molecule has 0 radical (unpaired) electrons. The zero-order valence-electron chi connectivity index (χ0n) is 27.1. The number of hydrogen-bond donors (Lipinski definition) is 2. The molecular formula is C34H48Cl2N8O. The van der Waals surface area contributed by atoms with Crippen molar-refractivity contribution in [2.45, 2.75) is 73.8 Å². The van der Waals surface area contributed by atoms with Crippen molar-refractivity contribution in [1.29, 1.82) is 0 Å². The smallest absolute Gasteiger partial charge is 0.255 e. The van der Waals surface area contributed by atoms with Crippen LogP contribution in [0.2, 0.25) is 0 Å². The highest BCUT2D eigenvalue weighted by molar-refractivity contribution is 6.25. The predicted molar refractivity (Wildman–Crippen MR) is 187 cm³/mol. The minimum absolute atomic E-state index is 0.0590. The first-order valence-corrected chi connectivity index (χ1v) is 17.4. The van der Waals surface area contributed by atoms with E-state index in [0.29, 0.717) is 48.3 Å². The van der Waals surface area contributed by atoms with Gasteiger partial charge in [-0.1, -0.05) is 0 Å². The molecule has 6 rings (SSSR count). The third-order valence-corrected chi connectivity index (χ3v) is 11.2. The van der Waals surface area contributed by atoms with Crippen molar-refractivity contribution in [2.75, 3.05) is 64.6 Å². The van der Waals surface area contributed by atoms with Crippen molar-refractivity contribution in [3.63, 3.8) is 0 Å². The SMILES string of the molecule is CN(C)CCn1c(=O)c(C2C(Cl)CC(C3CCCN3C)CC2Cl)cc2cnc(Nc3ccc(N(C)C4CCCNC4)cc3)nc21. The third-order valence-electron chi connectivity index (χ3n) is 10.3. The lowest BCUT2D eigenvalue weighted by molar-refractivity contribution is 0.180. The van der Waals surface area contributed by atoms with Gasteiger partial charge in [-0.3, -0.25) is 9.36 Å². The van der Waals surface area contributed by atoms with Crippen LogP contribution in [0, 0.1) is 5.92 Å². The molecule has 3 aliphatic rings. The van der Waals surface area contributed by atoms with Gasteiger partial charge in [0.2, 0.25) is 5.95 Å². The van der Waals surface area contributed by atoms with E-state index < -0.39 is 0 Å². The fourth-order valence-corrected chi connectivity index (χ4v) is 8.86. The van der Waals surface area contributed by atoms with Gasteiger partial charge in [0, 0.05) is 84.0 Å². The molecule has 4 heterocycles. The number of pyridine rings is 1. The fraction of sp³-hybridized carbons (Fsp3) is 0.618. The first kappa shape index (κ1) is 32.5. The Morgan fingerprint density at radius 1 is 1.07 bits per heavy atom. The van der Waals surface area contributed by atoms with Gasteiger partial charge in [-0.15, -0.1) is 23.2 Å². The average molecular weight is 656 g/mol. The Hall–Kier alpha value is -2.43. The van der Waals surface area contributed by atoms with Crippen LogP contribution in [-0.2, 0) is 6.54 Å². The van der Waals surface area contributed by atoms with Crippen molar-refractivity contribution >= 4 is 51.6 Å². The zero-order valence-corrected chi connectivity index (χ0v) is 28.6. The van der Waals surface area contributed by atoms with Gasteiger partial charge in [-0.25, -0.2) is 4.98 Å². The van der Waals surface area contributed by atoms with Crippen LogP contribution >= 0.6 is 23.2 Å². The predicted octanol–water partition coefficient (Wildman–Crippen LogP) is 5.09. The number of anilines is 3. The van der Waals surface area contributed by atoms with E-state index >= 15 is 0 Å². The maximum atomic E-state index is 14.2. The van der Waals surface area contributed by atoms with E-state index in [4.69, 9.17) is 28.2 Å². The topological polar surface area (TPSA) is 81.6 Å². The molecule has 2 N–H and O–H groups in total. The maximum absolute atomic E-state index is 14.2. The van der Waals surface area contributed by atoms with E-state index in [1.165, 1.54) is 31.4 Å². The molecule has 4 unspecified atom stereocenters. The number of rotatable bonds is 9. The number of halogens is 2. The highest BCUT2D eigenvalue weighted by Gasteiger charge is 2.42. The summed E-state index contributed by atoms with van der Waals surface area (Å²) in [5.74, 6) is 0.681. The summed E-state index contributed by atoms with van der Waals surface area (Å²) in [5, 5.41) is 7.26. The third kappa shape index (κ3) is 7.13. The first-order valence-electron chi connectivity index (χ1n) is 16.5. The number of nitrogens with one attached hydrogen (secondary N) is 2. The summed E-state index contributed by atoms with van der Waals surface area (Å²) in [5.41, 5.74) is 3.31. The number of fused-ring (bicyclic) bond motifs is 1. The van der Waals surface area contributed by atoms with Crippen molar-refractivity contribution in [2.24, 2.45) is 5.92 Å². The molecule has 1 aromatic carbocycles. The van der Waals surface area contributed by atoms with Crippen molar-refractivity contribution in [3.8, 4) is 0 Å². The number of piperidine rings is 1. The summed E-state index contributed by atoms with van der Waals surface area (Å²) in [7, 11) is 8.38. The lowest BCUT2D eigenvalue weighted by Gasteiger charge is -2.40. The summed E-state index contributed by atoms with van der Waals surface area (Å²) in [6.45, 7) is 4.44. The first-order chi connectivity index (χ1) is 21.7. The van der Waals surface area contributed by atoms with Gasteiger partial charge in [0.25, 0.3) is 5.56 Å². The van der Waals surface area contributed by atoms with Gasteiger partial charge in [0.15, 0.2) is 0 Å². The summed E-state index contributed by atoms with van der Waals surface area (Å²) >= 11 is 14.2. The van der Waals surface area contributed by atoms with Crippen LogP contribution in [0.15, 0.2) is 41.3 Å². The van der Waals surface area contributed by atoms with Crippen LogP contribution < -0.4 is 21.1 Å². The molecule has 4 atom stereocenters. The molecule has 1 saturated carbocycles. The van der Waals surface area contributed by atoms with Gasteiger partial charge in [-0.05, 0) is 109 Å². The highest BCUT2D eigenvalue weighted by Crippen LogP contribution is 2.45. The van der Waals surface area contributed by atoms with E-state index in [0.717, 1.165) is 43.5 Å². The second-order valence-corrected chi connectivity index (χ2v) is 14.7. The standard InChI is InChI=1S/C34H48Cl2N8O/c1-41(2)15-16-44-32-23(17-27(33(44)45)31-28(35)18-22(19-29(31)36)30-8-6-14-42(30)3)20-38-34(40-32)39-24-9-11-25(12-10-24)43(4)26-7-5-13-37-21-26/h9-12,17,20,22,26,28-31,37H,5-8,13-16,18-19,21H2,1-4H3,(H,38,39,40). The number of nitrogens with zero attached hydrogens (tertiary/aromatic N) is 6. The second kappa shape index (κ2) is 14.1. The van der Waals surface area contributed by atoms with Crippen LogP contribution in [0.4, 0.5) is 17.3 Å². The molecule has 2 aliphatic heterocycles. The lowest BCUT2D eigenvalue weighted by Crippen LogP contribution is -2.44. The van der Waals surface area contributed by atoms with E-state index in [1.807, 2.05) is 26.4 Å². The summed E-state index contributed by atoms with van der Waals surface area (Å²) in [4.78, 5) is 30.6. The molecule has 1 aliphatic carbocycles. The fourth-order valence-electron chi connectivity index (χ4n) is 7.70. The molecule has 9 nitrogen and oxygen atoms in total. The van der Waals surface area contributed by atoms with Gasteiger partial charge < -0.3 is 25.3 Å². The molecule has 0 amide bonds. The van der Waals surface area contributed by atoms with Crippen LogP contribution in [0.25, 0.3) is 11.0 Å². The molecule has 244 valence electrons. The van der Waals surface area contributed by atoms with E-state index in [1.54, 1.807) is 4.57 Å². The van der Waals surface area contributed by atoms with E-state index in [9.17, 15) is 4.79 Å². The van der Waals surface area contributed by atoms with Gasteiger partial charge in [0.05, 0.1) is 0 Å². The average Bonchev–Trinajstić information content (AvgIpc) is 3.47. The number of likely N-dealkylation sites (tertiary alicyclic amines) is 1. The molecule has 0 bridgehead atoms. The number of alkyl halides is 2. The molecule has 11 heteroatoms. The number of likely N-dealkylation sites (N-methyl/N-ethyl adjacent to an activating group) is 2. The molecular weight excluding hydrogens is 607 g/mol. The van der Waals surface area contributed by atoms with Gasteiger partial charge >= 0.3 is 0 Å². The normalized spacial score (nSPS) is 27.7. The Kier molecular flexibility index (Phi) is 10.2. The maximum Gasteiger partial charge on any atom is 0.255 e. The van der Waals surface area contributed by atoms with Crippen molar-refractivity contribution in [1.82, 2.24) is 29.7 Å². The van der Waals surface area contributed by atoms with Crippen LogP contribution in [-0.4, -0.2) is 102 Å². The molecule has 0 spiro atoms. The molecule has 2 saturated heterocycles. The Bertz CT molecular complexity index is 1500. The number of hydrogen-bond acceptors (Lipinski definition) is 8. The lowest BCUT2D eigenvalue weighted by atomic mass is 9.75. The number of benzene rings is 1. The summed E-state index contributed by atoms with van der Waals surface area (Å²) in [6, 6.07) is 11.3. The largest absolute Gasteiger partial charge is 0.370 e. The monoisotopic (exact) mass is 654 g/mol. The molecule has 3 fully saturated rings. The Labute approximate surface area is 277 Å².